The van der Waals surface area contributed by atoms with Crippen molar-refractivity contribution in [2.45, 2.75) is 198 Å². The third-order valence-corrected chi connectivity index (χ3v) is 18.3. The van der Waals surface area contributed by atoms with E-state index in [4.69, 9.17) is 29.3 Å². The normalized spacial score (nSPS) is 12.1. The van der Waals surface area contributed by atoms with E-state index in [0.717, 1.165) is 82.6 Å². The summed E-state index contributed by atoms with van der Waals surface area (Å²) in [6, 6.07) is 24.5. The fourth-order valence-electron chi connectivity index (χ4n) is 13.0. The summed E-state index contributed by atoms with van der Waals surface area (Å²) in [6.45, 7) is 29.6. The topological polar surface area (TPSA) is 280 Å². The van der Waals surface area contributed by atoms with Crippen molar-refractivity contribution in [3.63, 3.8) is 0 Å². The van der Waals surface area contributed by atoms with Crippen molar-refractivity contribution in [1.29, 1.82) is 0 Å². The summed E-state index contributed by atoms with van der Waals surface area (Å²) in [7, 11) is 5.04. The molecule has 0 amide bonds. The second-order valence-corrected chi connectivity index (χ2v) is 27.9. The van der Waals surface area contributed by atoms with E-state index in [1.54, 1.807) is 38.1 Å². The van der Waals surface area contributed by atoms with Gasteiger partial charge in [-0.05, 0) is 115 Å². The minimum Gasteiger partial charge on any atom is -0.483 e. The van der Waals surface area contributed by atoms with Gasteiger partial charge in [0.05, 0.1) is 82.7 Å². The third-order valence-electron chi connectivity index (χ3n) is 18.3. The number of fused-ring (bicyclic) bond motifs is 3. The molecule has 1 aliphatic rings. The van der Waals surface area contributed by atoms with Gasteiger partial charge in [0.2, 0.25) is 0 Å². The molecule has 8 aromatic rings. The maximum atomic E-state index is 13.7. The van der Waals surface area contributed by atoms with Crippen LogP contribution in [0.1, 0.15) is 210 Å². The number of unbranched alkanes of at least 4 members (excludes halogenated alkanes) is 1. The number of allylic oxidation sites excluding steroid dienone is 1. The summed E-state index contributed by atoms with van der Waals surface area (Å²) in [6.07, 6.45) is 8.51. The fraction of sp³-hybridized carbons (Fsp3) is 0.481. The van der Waals surface area contributed by atoms with Gasteiger partial charge >= 0.3 is 17.1 Å². The van der Waals surface area contributed by atoms with Crippen LogP contribution in [0.15, 0.2) is 114 Å². The number of hydrogen-bond acceptors (Lipinski definition) is 15. The van der Waals surface area contributed by atoms with Gasteiger partial charge in [-0.1, -0.05) is 169 Å². The smallest absolute Gasteiger partial charge is 0.331 e. The minimum absolute atomic E-state index is 0. The first-order chi connectivity index (χ1) is 48.1. The van der Waals surface area contributed by atoms with Crippen LogP contribution >= 0.6 is 0 Å². The maximum Gasteiger partial charge on any atom is 0.331 e. The molecule has 1 atom stereocenters. The van der Waals surface area contributed by atoms with Crippen LogP contribution in [0.4, 0.5) is 0 Å². The van der Waals surface area contributed by atoms with Crippen molar-refractivity contribution in [1.82, 2.24) is 42.7 Å². The van der Waals surface area contributed by atoms with E-state index in [1.165, 1.54) is 34.0 Å². The third kappa shape index (κ3) is 19.8. The molecule has 1 unspecified atom stereocenters. The Morgan fingerprint density at radius 2 is 0.951 bits per heavy atom. The summed E-state index contributed by atoms with van der Waals surface area (Å²) in [5, 5.41) is 22.7. The van der Waals surface area contributed by atoms with Crippen LogP contribution in [0.5, 0.6) is 0 Å². The zero-order valence-electron chi connectivity index (χ0n) is 62.6. The molecule has 0 saturated heterocycles. The van der Waals surface area contributed by atoms with Gasteiger partial charge in [0.1, 0.15) is 0 Å². The number of carbonyl (C=O) groups is 3. The number of aryl methyl sites for hydroxylation is 3. The number of carbonyl (C=O) groups excluding carboxylic acids is 2. The number of hydrogen-bond donors (Lipinski definition) is 3. The monoisotopic (exact) mass is 1450 g/mol. The number of rotatable bonds is 28. The largest absolute Gasteiger partial charge is 0.483 e. The molecule has 1 aliphatic heterocycles. The average Bonchev–Trinajstić information content (AvgIpc) is 0.757. The van der Waals surface area contributed by atoms with E-state index in [1.807, 2.05) is 63.2 Å². The molecule has 0 spiro atoms. The van der Waals surface area contributed by atoms with Crippen LogP contribution in [0.3, 0.4) is 0 Å². The van der Waals surface area contributed by atoms with Crippen molar-refractivity contribution >= 4 is 52.5 Å². The number of ether oxygens (including phenoxy) is 2. The second kappa shape index (κ2) is 39.5. The van der Waals surface area contributed by atoms with Crippen LogP contribution in [-0.4, -0.2) is 80.2 Å². The number of nitrogens with zero attached hydrogens (tertiary/aromatic N) is 8. The summed E-state index contributed by atoms with van der Waals surface area (Å²) >= 11 is 0. The molecule has 6 heterocycles. The van der Waals surface area contributed by atoms with Crippen LogP contribution in [0.25, 0.3) is 55.6 Å². The van der Waals surface area contributed by atoms with Gasteiger partial charge in [-0.15, -0.1) is 0 Å². The van der Waals surface area contributed by atoms with Gasteiger partial charge in [0.25, 0.3) is 36.1 Å². The van der Waals surface area contributed by atoms with E-state index < -0.39 is 11.8 Å². The Hall–Kier alpha value is -8.95. The SMILES string of the molecule is CC(C)CCC1=C(c2ccccc2C(C)C)NCc2c1c(=O)n(CCCOC=O)c(=O)n2C.CC(C)CCc1c(-c2ccccc2C(C)C)ncc2c1c(=O)n(CCCOC=O)c(=O)n2C.CCCCn1c(=O)c2c(C(O)CC(C)C)c(-c3ccccc3C(C)C)ncc2n(C)c1=O.O=CO.[Zn]. The molecule has 3 aromatic carbocycles. The van der Waals surface area contributed by atoms with E-state index in [-0.39, 0.29) is 92.1 Å². The Bertz CT molecular complexity index is 4610. The van der Waals surface area contributed by atoms with Gasteiger partial charge in [0.15, 0.2) is 0 Å². The maximum absolute atomic E-state index is 13.7. The Morgan fingerprint density at radius 3 is 1.42 bits per heavy atom. The first-order valence-corrected chi connectivity index (χ1v) is 35.3. The van der Waals surface area contributed by atoms with Gasteiger partial charge < -0.3 is 25.0 Å². The molecule has 3 N–H and O–H groups in total. The quantitative estimate of drug-likeness (QED) is 0.0233. The van der Waals surface area contributed by atoms with Crippen LogP contribution < -0.4 is 39.1 Å². The van der Waals surface area contributed by atoms with Crippen molar-refractivity contribution in [2.24, 2.45) is 38.9 Å². The molecule has 0 saturated carbocycles. The Labute approximate surface area is 610 Å². The molecule has 0 radical (unpaired) electrons. The zero-order valence-corrected chi connectivity index (χ0v) is 65.6. The molecule has 9 rings (SSSR count). The molecule has 0 bridgehead atoms. The number of nitrogens with one attached hydrogen (secondary N) is 1. The average molecular weight is 1450 g/mol. The van der Waals surface area contributed by atoms with Crippen molar-refractivity contribution < 1.29 is 53.5 Å². The predicted octanol–water partition coefficient (Wildman–Crippen LogP) is 12.1. The number of benzene rings is 3. The molecule has 22 nitrogen and oxygen atoms in total. The Balaban J connectivity index is 0.000000269. The number of pyridine rings is 2. The fourth-order valence-corrected chi connectivity index (χ4v) is 13.0. The molecule has 546 valence electrons. The van der Waals surface area contributed by atoms with E-state index in [0.29, 0.717) is 114 Å². The predicted molar refractivity (Wildman–Crippen MR) is 400 cm³/mol. The molecule has 0 fully saturated rings. The van der Waals surface area contributed by atoms with Gasteiger partial charge in [0, 0.05) is 88.2 Å². The van der Waals surface area contributed by atoms with Gasteiger partial charge in [-0.25, -0.2) is 14.4 Å². The van der Waals surface area contributed by atoms with Crippen molar-refractivity contribution in [2.75, 3.05) is 13.2 Å². The molecular formula is C79H105N9O13Zn. The first kappa shape index (κ1) is 83.7. The van der Waals surface area contributed by atoms with E-state index >= 15 is 0 Å². The summed E-state index contributed by atoms with van der Waals surface area (Å²) in [4.78, 5) is 118. The summed E-state index contributed by atoms with van der Waals surface area (Å²) < 4.78 is 17.8. The van der Waals surface area contributed by atoms with Crippen LogP contribution in [-0.2, 0) is 97.1 Å². The van der Waals surface area contributed by atoms with Crippen LogP contribution in [0.2, 0.25) is 0 Å². The first-order valence-electron chi connectivity index (χ1n) is 35.3. The van der Waals surface area contributed by atoms with Crippen LogP contribution in [0, 0.1) is 17.8 Å². The van der Waals surface area contributed by atoms with Gasteiger partial charge in [-0.2, -0.15) is 0 Å². The Kier molecular flexibility index (Phi) is 32.4. The molecule has 5 aromatic heterocycles. The van der Waals surface area contributed by atoms with E-state index in [9.17, 15) is 43.5 Å². The van der Waals surface area contributed by atoms with Crippen molar-refractivity contribution in [3.8, 4) is 22.5 Å². The minimum atomic E-state index is -0.869. The molecule has 102 heavy (non-hydrogen) atoms. The summed E-state index contributed by atoms with van der Waals surface area (Å²) in [5.41, 5.74) is 11.6. The standard InChI is InChI=1S/C26H35N3O4.C26H33N3O4.C26H35N3O3.CH2O2.Zn/c2*1-17(2)11-12-21-23-22(15-27-24(21)20-10-7-6-9-19(20)18(3)4)28(5)26(32)29(25(23)31)13-8-14-33-16-30;1-7-8-13-29-25(31)22-20(28(6)26(29)32)15-27-24(23(22)21(30)14-16(2)3)19-12-10-9-11-18(19)17(4)5;2-1-3;/h6-7,9-10,16-18,27H,8,11-15H2,1-5H3;6-7,9-10,15-18H,8,11-14H2,1-5H3;9-12,15-17,21,30H,7-8,13-14H2,1-6H3;1H,(H,2,3);. The molecular weight excluding hydrogens is 1350 g/mol. The Morgan fingerprint density at radius 1 is 0.539 bits per heavy atom. The van der Waals surface area contributed by atoms with Crippen molar-refractivity contribution in [3.05, 3.63) is 192 Å². The molecule has 0 aliphatic carbocycles. The second-order valence-electron chi connectivity index (χ2n) is 27.9. The van der Waals surface area contributed by atoms with Gasteiger partial charge in [-0.3, -0.25) is 66.1 Å². The molecule has 23 heteroatoms. The number of aliphatic hydroxyl groups excluding tert-OH is 1. The zero-order chi connectivity index (χ0) is 74.5. The number of aliphatic hydroxyl groups is 1. The number of carboxylic acid groups (broad SMARTS) is 1. The van der Waals surface area contributed by atoms with E-state index in [2.05, 4.69) is 105 Å². The summed E-state index contributed by atoms with van der Waals surface area (Å²) in [5.74, 6) is 2.02. The number of aromatic nitrogens is 8.